The molecule has 0 N–H and O–H groups in total. The van der Waals surface area contributed by atoms with Gasteiger partial charge in [-0.05, 0) is 92.7 Å². The Morgan fingerprint density at radius 2 is 1.06 bits per heavy atom. The van der Waals surface area contributed by atoms with Crippen molar-refractivity contribution in [2.45, 2.75) is 65.1 Å². The van der Waals surface area contributed by atoms with E-state index in [-0.39, 0.29) is 0 Å². The predicted molar refractivity (Wildman–Crippen MR) is 138 cm³/mol. The molecule has 0 aliphatic heterocycles. The average molecular weight is 507 g/mol. The number of carbonyl (C=O) groups excluding carboxylic acids is 1. The summed E-state index contributed by atoms with van der Waals surface area (Å²) in [5.74, 6) is 1.20. The van der Waals surface area contributed by atoms with Gasteiger partial charge in [-0.2, -0.15) is 0 Å². The van der Waals surface area contributed by atoms with Crippen LogP contribution in [0.1, 0.15) is 38.5 Å². The van der Waals surface area contributed by atoms with Crippen molar-refractivity contribution in [3.8, 4) is 0 Å². The number of alkyl halides is 2. The van der Waals surface area contributed by atoms with E-state index >= 15 is 8.78 Å². The molecule has 3 aromatic rings. The largest absolute Gasteiger partial charge is 0.445 e. The molecule has 0 aromatic heterocycles. The second-order valence-corrected chi connectivity index (χ2v) is 14.1. The Morgan fingerprint density at radius 3 is 1.39 bits per heavy atom. The van der Waals surface area contributed by atoms with Gasteiger partial charge in [0.05, 0.1) is 5.41 Å². The molecule has 3 aromatic carbocycles. The van der Waals surface area contributed by atoms with Crippen LogP contribution < -0.4 is 0 Å². The monoisotopic (exact) mass is 506 g/mol. The summed E-state index contributed by atoms with van der Waals surface area (Å²) in [6.07, 6.45) is 3.07. The summed E-state index contributed by atoms with van der Waals surface area (Å²) in [4.78, 5) is 16.3. The lowest BCUT2D eigenvalue weighted by Gasteiger charge is -2.56. The topological polar surface area (TPSA) is 26.3 Å². The van der Waals surface area contributed by atoms with Crippen molar-refractivity contribution in [3.63, 3.8) is 0 Å². The first-order chi connectivity index (χ1) is 17.5. The second kappa shape index (κ2) is 9.33. The van der Waals surface area contributed by atoms with E-state index in [1.807, 2.05) is 91.0 Å². The molecule has 0 amide bonds. The van der Waals surface area contributed by atoms with E-state index in [2.05, 4.69) is 0 Å². The molecule has 4 fully saturated rings. The van der Waals surface area contributed by atoms with Gasteiger partial charge < -0.3 is 4.74 Å². The maximum atomic E-state index is 15.3. The van der Waals surface area contributed by atoms with Crippen molar-refractivity contribution < 1.29 is 18.3 Å². The number of halogens is 2. The van der Waals surface area contributed by atoms with Gasteiger partial charge in [-0.1, -0.05) is 54.6 Å². The lowest BCUT2D eigenvalue weighted by Crippen LogP contribution is -2.51. The lowest BCUT2D eigenvalue weighted by atomic mass is 9.49. The molecule has 36 heavy (non-hydrogen) atoms. The number of rotatable bonds is 7. The van der Waals surface area contributed by atoms with Gasteiger partial charge in [-0.3, -0.25) is 4.79 Å². The summed E-state index contributed by atoms with van der Waals surface area (Å²) in [6, 6.07) is 28.4. The van der Waals surface area contributed by atoms with E-state index in [0.717, 1.165) is 33.9 Å². The maximum absolute atomic E-state index is 15.3. The molecule has 0 radical (unpaired) electrons. The Hall–Kier alpha value is -2.66. The van der Waals surface area contributed by atoms with Crippen LogP contribution in [0.2, 0.25) is 0 Å². The normalized spacial score (nSPS) is 28.1. The average Bonchev–Trinajstić information content (AvgIpc) is 2.89. The molecule has 5 heteroatoms. The fourth-order valence-electron chi connectivity index (χ4n) is 7.59. The molecule has 4 bridgehead atoms. The van der Waals surface area contributed by atoms with Crippen LogP contribution in [-0.2, 0) is 9.53 Å². The smallest absolute Gasteiger partial charge is 0.313 e. The van der Waals surface area contributed by atoms with Crippen molar-refractivity contribution in [1.82, 2.24) is 0 Å². The van der Waals surface area contributed by atoms with E-state index in [0.29, 0.717) is 17.8 Å². The molecule has 0 heterocycles. The third kappa shape index (κ3) is 3.87. The zero-order valence-electron chi connectivity index (χ0n) is 20.3. The van der Waals surface area contributed by atoms with Crippen LogP contribution in [-0.4, -0.2) is 17.8 Å². The highest BCUT2D eigenvalue weighted by atomic mass is 32.3. The van der Waals surface area contributed by atoms with Gasteiger partial charge in [0.1, 0.15) is 0 Å². The SMILES string of the molecule is O=C(OC(C(F)F)S(c1ccccc1)(c1ccccc1)c1ccccc1)C12CC3CC(CC(C3)C1)C2. The first-order valence-corrected chi connectivity index (χ1v) is 14.7. The molecular formula is C31H32F2O2S. The summed E-state index contributed by atoms with van der Waals surface area (Å²) in [5, 5.41) is 0. The third-order valence-corrected chi connectivity index (χ3v) is 12.6. The van der Waals surface area contributed by atoms with Gasteiger partial charge in [0, 0.05) is 14.7 Å². The van der Waals surface area contributed by atoms with Gasteiger partial charge >= 0.3 is 5.97 Å². The summed E-state index contributed by atoms with van der Waals surface area (Å²) in [6.45, 7) is 0. The molecule has 0 spiro atoms. The fourth-order valence-corrected chi connectivity index (χ4v) is 11.5. The highest BCUT2D eigenvalue weighted by molar-refractivity contribution is 8.34. The summed E-state index contributed by atoms with van der Waals surface area (Å²) in [7, 11) is -2.63. The number of esters is 1. The van der Waals surface area contributed by atoms with E-state index in [9.17, 15) is 4.79 Å². The number of ether oxygens (including phenoxy) is 1. The lowest BCUT2D eigenvalue weighted by molar-refractivity contribution is -0.178. The zero-order valence-corrected chi connectivity index (χ0v) is 21.1. The molecular weight excluding hydrogens is 474 g/mol. The Morgan fingerprint density at radius 1 is 0.694 bits per heavy atom. The van der Waals surface area contributed by atoms with Crippen LogP contribution in [0.4, 0.5) is 8.78 Å². The maximum Gasteiger partial charge on any atom is 0.313 e. The second-order valence-electron chi connectivity index (χ2n) is 10.9. The Labute approximate surface area is 213 Å². The number of carbonyl (C=O) groups is 1. The van der Waals surface area contributed by atoms with Crippen LogP contribution in [0, 0.1) is 23.2 Å². The van der Waals surface area contributed by atoms with Gasteiger partial charge in [0.2, 0.25) is 5.44 Å². The zero-order chi connectivity index (χ0) is 24.8. The van der Waals surface area contributed by atoms with Gasteiger partial charge in [0.25, 0.3) is 6.43 Å². The van der Waals surface area contributed by atoms with Crippen LogP contribution in [0.15, 0.2) is 106 Å². The predicted octanol–water partition coefficient (Wildman–Crippen LogP) is 8.32. The van der Waals surface area contributed by atoms with Crippen LogP contribution in [0.25, 0.3) is 0 Å². The van der Waals surface area contributed by atoms with Crippen LogP contribution in [0.3, 0.4) is 0 Å². The van der Waals surface area contributed by atoms with Crippen molar-refractivity contribution >= 4 is 16.0 Å². The fraction of sp³-hybridized carbons (Fsp3) is 0.387. The quantitative estimate of drug-likeness (QED) is 0.301. The molecule has 188 valence electrons. The molecule has 4 aliphatic rings. The Kier molecular flexibility index (Phi) is 6.15. The molecule has 4 saturated carbocycles. The minimum atomic E-state index is -2.83. The summed E-state index contributed by atoms with van der Waals surface area (Å²) >= 11 is 0. The van der Waals surface area contributed by atoms with Crippen molar-refractivity contribution in [2.24, 2.45) is 23.2 Å². The van der Waals surface area contributed by atoms with Crippen molar-refractivity contribution in [3.05, 3.63) is 91.0 Å². The van der Waals surface area contributed by atoms with Gasteiger partial charge in [-0.15, -0.1) is 10.0 Å². The third-order valence-electron chi connectivity index (χ3n) is 8.59. The summed E-state index contributed by atoms with van der Waals surface area (Å²) < 4.78 is 36.8. The van der Waals surface area contributed by atoms with Gasteiger partial charge in [0.15, 0.2) is 0 Å². The number of hydrogen-bond acceptors (Lipinski definition) is 2. The van der Waals surface area contributed by atoms with E-state index < -0.39 is 33.3 Å². The Balaban J connectivity index is 1.50. The first kappa shape index (κ1) is 23.7. The molecule has 1 atom stereocenters. The molecule has 7 rings (SSSR count). The molecule has 4 aliphatic carbocycles. The Bertz CT molecular complexity index is 1070. The molecule has 2 nitrogen and oxygen atoms in total. The number of benzene rings is 3. The number of hydrogen-bond donors (Lipinski definition) is 0. The van der Waals surface area contributed by atoms with Crippen molar-refractivity contribution in [1.29, 1.82) is 0 Å². The molecule has 0 saturated heterocycles. The van der Waals surface area contributed by atoms with Crippen molar-refractivity contribution in [2.75, 3.05) is 0 Å². The van der Waals surface area contributed by atoms with E-state index in [4.69, 9.17) is 4.74 Å². The standard InChI is InChI=1S/C31H32F2O2S/c32-28(33)29(35-30(34)31-19-22-16-23(20-31)18-24(17-22)21-31)36(25-10-4-1-5-11-25,26-12-6-2-7-13-26)27-14-8-3-9-15-27/h1-15,22-24,28-29H,16-21H2. The minimum absolute atomic E-state index is 0.397. The minimum Gasteiger partial charge on any atom is -0.445 e. The molecule has 1 unspecified atom stereocenters. The first-order valence-electron chi connectivity index (χ1n) is 13.0. The highest BCUT2D eigenvalue weighted by Gasteiger charge is 2.57. The summed E-state index contributed by atoms with van der Waals surface area (Å²) in [5.41, 5.74) is -2.18. The van der Waals surface area contributed by atoms with Crippen LogP contribution >= 0.6 is 10.0 Å². The van der Waals surface area contributed by atoms with E-state index in [1.165, 1.54) is 19.3 Å². The van der Waals surface area contributed by atoms with E-state index in [1.54, 1.807) is 0 Å². The van der Waals surface area contributed by atoms with Crippen LogP contribution in [0.5, 0.6) is 0 Å². The van der Waals surface area contributed by atoms with Gasteiger partial charge in [-0.25, -0.2) is 8.78 Å². The highest BCUT2D eigenvalue weighted by Crippen LogP contribution is 2.73.